The van der Waals surface area contributed by atoms with Crippen LogP contribution in [-0.4, -0.2) is 57.5 Å². The Balaban J connectivity index is 1.79. The van der Waals surface area contributed by atoms with Gasteiger partial charge in [-0.2, -0.15) is 5.10 Å². The summed E-state index contributed by atoms with van der Waals surface area (Å²) in [5.74, 6) is 1.33. The molecule has 9 heteroatoms. The van der Waals surface area contributed by atoms with E-state index >= 15 is 0 Å². The minimum Gasteiger partial charge on any atom is -0.624 e. The third-order valence-corrected chi connectivity index (χ3v) is 5.51. The summed E-state index contributed by atoms with van der Waals surface area (Å²) in [6, 6.07) is 11.5. The van der Waals surface area contributed by atoms with Gasteiger partial charge >= 0.3 is 0 Å². The number of methoxy groups -OCH3 is 2. The summed E-state index contributed by atoms with van der Waals surface area (Å²) >= 11 is 0. The second-order valence-electron chi connectivity index (χ2n) is 8.10. The van der Waals surface area contributed by atoms with Gasteiger partial charge in [-0.3, -0.25) is 9.67 Å². The number of anilines is 2. The lowest BCUT2D eigenvalue weighted by Crippen LogP contribution is -2.27. The van der Waals surface area contributed by atoms with Gasteiger partial charge in [0.15, 0.2) is 12.3 Å². The Labute approximate surface area is 198 Å². The number of benzene rings is 2. The molecule has 0 atom stereocenters. The number of aryl methyl sites for hydroxylation is 1. The predicted molar refractivity (Wildman–Crippen MR) is 133 cm³/mol. The van der Waals surface area contributed by atoms with Crippen LogP contribution in [0.25, 0.3) is 22.3 Å². The molecule has 0 aliphatic rings. The molecule has 0 bridgehead atoms. The van der Waals surface area contributed by atoms with Gasteiger partial charge in [-0.15, -0.1) is 0 Å². The van der Waals surface area contributed by atoms with Crippen LogP contribution in [0.15, 0.2) is 55.0 Å². The Kier molecular flexibility index (Phi) is 6.62. The van der Waals surface area contributed by atoms with Crippen LogP contribution in [0.2, 0.25) is 0 Å². The molecule has 176 valence electrons. The molecule has 2 aromatic heterocycles. The number of nitrogens with zero attached hydrogens (tertiary/aromatic N) is 6. The minimum absolute atomic E-state index is 0.293. The molecule has 0 aliphatic heterocycles. The highest BCUT2D eigenvalue weighted by atomic mass is 16.5. The van der Waals surface area contributed by atoms with E-state index in [1.165, 1.54) is 0 Å². The highest BCUT2D eigenvalue weighted by molar-refractivity contribution is 5.82. The molecule has 0 N–H and O–H groups in total. The van der Waals surface area contributed by atoms with Crippen LogP contribution >= 0.6 is 0 Å². The average Bonchev–Trinajstić information content (AvgIpc) is 3.29. The molecular weight excluding hydrogens is 432 g/mol. The van der Waals surface area contributed by atoms with E-state index in [4.69, 9.17) is 14.5 Å². The van der Waals surface area contributed by atoms with Gasteiger partial charge in [0.2, 0.25) is 0 Å². The van der Waals surface area contributed by atoms with E-state index in [1.807, 2.05) is 49.6 Å². The Morgan fingerprint density at radius 3 is 2.35 bits per heavy atom. The van der Waals surface area contributed by atoms with E-state index in [1.54, 1.807) is 45.1 Å². The normalized spacial score (nSPS) is 10.9. The summed E-state index contributed by atoms with van der Waals surface area (Å²) in [4.78, 5) is 11.4. The topological polar surface area (TPSA) is 91.4 Å². The van der Waals surface area contributed by atoms with E-state index in [0.29, 0.717) is 30.3 Å². The van der Waals surface area contributed by atoms with Gasteiger partial charge in [-0.1, -0.05) is 0 Å². The lowest BCUT2D eigenvalue weighted by molar-refractivity contribution is -0.455. The first-order valence-corrected chi connectivity index (χ1v) is 10.9. The first-order chi connectivity index (χ1) is 16.4. The Bertz CT molecular complexity index is 1320. The summed E-state index contributed by atoms with van der Waals surface area (Å²) in [5.41, 5.74) is 5.59. The third-order valence-electron chi connectivity index (χ3n) is 5.51. The lowest BCUT2D eigenvalue weighted by atomic mass is 10.2. The van der Waals surface area contributed by atoms with Crippen molar-refractivity contribution in [2.45, 2.75) is 13.8 Å². The third kappa shape index (κ3) is 4.93. The number of hydrogen-bond acceptors (Lipinski definition) is 7. The average molecular weight is 461 g/mol. The van der Waals surface area contributed by atoms with Gasteiger partial charge in [0.25, 0.3) is 0 Å². The fourth-order valence-electron chi connectivity index (χ4n) is 3.63. The highest BCUT2D eigenvalue weighted by Gasteiger charge is 2.16. The smallest absolute Gasteiger partial charge is 0.171 e. The molecule has 4 aromatic rings. The number of aromatic nitrogens is 4. The Morgan fingerprint density at radius 1 is 1.00 bits per heavy atom. The standard InChI is InChI=1S/C25H28N6O3/c1-17(2)31(32)9-8-30(20-10-21(33-4)13-22(11-20)34-5)19-6-7-23-24(12-19)28-25(15-26-23)18-14-27-29(3)16-18/h6-7,10-16H,8-9H2,1-5H3. The van der Waals surface area contributed by atoms with Gasteiger partial charge in [0.05, 0.1) is 49.9 Å². The molecule has 2 heterocycles. The maximum absolute atomic E-state index is 12.3. The quantitative estimate of drug-likeness (QED) is 0.169. The molecule has 0 unspecified atom stereocenters. The van der Waals surface area contributed by atoms with Crippen molar-refractivity contribution in [3.8, 4) is 22.8 Å². The van der Waals surface area contributed by atoms with Crippen molar-refractivity contribution in [1.82, 2.24) is 19.7 Å². The minimum atomic E-state index is 0.293. The zero-order valence-corrected chi connectivity index (χ0v) is 20.0. The van der Waals surface area contributed by atoms with E-state index in [9.17, 15) is 5.21 Å². The highest BCUT2D eigenvalue weighted by Crippen LogP contribution is 2.34. The van der Waals surface area contributed by atoms with Gasteiger partial charge in [0.1, 0.15) is 11.5 Å². The lowest BCUT2D eigenvalue weighted by Gasteiger charge is -2.26. The number of ether oxygens (including phenoxy) is 2. The molecule has 0 fully saturated rings. The summed E-state index contributed by atoms with van der Waals surface area (Å²) in [6.45, 7) is 4.35. The molecule has 4 rings (SSSR count). The van der Waals surface area contributed by atoms with Crippen LogP contribution in [0.4, 0.5) is 11.4 Å². The molecule has 0 saturated carbocycles. The van der Waals surface area contributed by atoms with Crippen molar-refractivity contribution in [1.29, 1.82) is 0 Å². The fourth-order valence-corrected chi connectivity index (χ4v) is 3.63. The number of hydroxylamine groups is 1. The molecule has 34 heavy (non-hydrogen) atoms. The van der Waals surface area contributed by atoms with E-state index in [2.05, 4.69) is 15.0 Å². The van der Waals surface area contributed by atoms with Crippen molar-refractivity contribution in [3.05, 3.63) is 60.2 Å². The Hall–Kier alpha value is -4.14. The van der Waals surface area contributed by atoms with Crippen molar-refractivity contribution in [2.75, 3.05) is 32.2 Å². The molecule has 2 aromatic carbocycles. The zero-order chi connectivity index (χ0) is 24.2. The van der Waals surface area contributed by atoms with Crippen molar-refractivity contribution >= 4 is 28.1 Å². The first kappa shape index (κ1) is 23.0. The molecule has 0 spiro atoms. The predicted octanol–water partition coefficient (Wildman–Crippen LogP) is 4.18. The van der Waals surface area contributed by atoms with Crippen molar-refractivity contribution in [3.63, 3.8) is 0 Å². The zero-order valence-electron chi connectivity index (χ0n) is 20.0. The second kappa shape index (κ2) is 9.78. The number of fused-ring (bicyclic) bond motifs is 1. The molecule has 0 radical (unpaired) electrons. The van der Waals surface area contributed by atoms with Crippen LogP contribution in [0.3, 0.4) is 0 Å². The van der Waals surface area contributed by atoms with Crippen molar-refractivity contribution < 1.29 is 14.2 Å². The summed E-state index contributed by atoms with van der Waals surface area (Å²) in [6.07, 6.45) is 5.42. The van der Waals surface area contributed by atoms with Gasteiger partial charge in [0, 0.05) is 62.2 Å². The first-order valence-electron chi connectivity index (χ1n) is 10.9. The molecular formula is C25H28N6O3. The van der Waals surface area contributed by atoms with Crippen molar-refractivity contribution in [2.24, 2.45) is 7.05 Å². The molecule has 0 amide bonds. The largest absolute Gasteiger partial charge is 0.624 e. The summed E-state index contributed by atoms with van der Waals surface area (Å²) in [7, 11) is 5.09. The van der Waals surface area contributed by atoms with Gasteiger partial charge in [-0.25, -0.2) is 9.72 Å². The maximum atomic E-state index is 12.3. The maximum Gasteiger partial charge on any atom is 0.171 e. The number of rotatable bonds is 8. The number of hydrogen-bond donors (Lipinski definition) is 0. The Morgan fingerprint density at radius 2 is 1.74 bits per heavy atom. The molecule has 9 nitrogen and oxygen atoms in total. The molecule has 0 aliphatic carbocycles. The van der Waals surface area contributed by atoms with Gasteiger partial charge in [-0.05, 0) is 18.2 Å². The summed E-state index contributed by atoms with van der Waals surface area (Å²) < 4.78 is 13.7. The van der Waals surface area contributed by atoms with Gasteiger partial charge < -0.3 is 19.6 Å². The van der Waals surface area contributed by atoms with Crippen LogP contribution < -0.4 is 14.4 Å². The van der Waals surface area contributed by atoms with Crippen LogP contribution in [0, 0.1) is 5.21 Å². The van der Waals surface area contributed by atoms with E-state index in [-0.39, 0.29) is 0 Å². The monoisotopic (exact) mass is 460 g/mol. The second-order valence-corrected chi connectivity index (χ2v) is 8.10. The summed E-state index contributed by atoms with van der Waals surface area (Å²) in [5, 5.41) is 16.6. The van der Waals surface area contributed by atoms with Crippen LogP contribution in [0.5, 0.6) is 11.5 Å². The SMILES string of the molecule is COc1cc(OC)cc(N(CC[N+]([O-])=C(C)C)c2ccc3ncc(-c4cnn(C)c4)nc3c2)c1. The molecule has 0 saturated heterocycles. The van der Waals surface area contributed by atoms with E-state index in [0.717, 1.165) is 38.4 Å². The van der Waals surface area contributed by atoms with Crippen LogP contribution in [0.1, 0.15) is 13.8 Å². The van der Waals surface area contributed by atoms with E-state index < -0.39 is 0 Å². The van der Waals surface area contributed by atoms with Crippen LogP contribution in [-0.2, 0) is 7.05 Å². The fraction of sp³-hybridized carbons (Fsp3) is 0.280.